The Hall–Kier alpha value is -2.47. The van der Waals surface area contributed by atoms with Crippen molar-refractivity contribution in [2.45, 2.75) is 56.4 Å². The number of nitrogens with zero attached hydrogens (tertiary/aromatic N) is 1. The van der Waals surface area contributed by atoms with Gasteiger partial charge in [-0.25, -0.2) is 4.79 Å². The minimum atomic E-state index is -0.728. The van der Waals surface area contributed by atoms with E-state index in [1.807, 2.05) is 64.2 Å². The van der Waals surface area contributed by atoms with Gasteiger partial charge in [0.1, 0.15) is 13.4 Å². The fraction of sp³-hybridized carbons (Fsp3) is 0.409. The average molecular weight is 378 g/mol. The van der Waals surface area contributed by atoms with Crippen LogP contribution >= 0.6 is 0 Å². The summed E-state index contributed by atoms with van der Waals surface area (Å²) >= 11 is 0. The number of aliphatic hydroxyl groups excluding tert-OH is 1. The van der Waals surface area contributed by atoms with Crippen molar-refractivity contribution >= 4 is 25.1 Å². The highest BCUT2D eigenvalue weighted by Crippen LogP contribution is 2.48. The number of ether oxygens (including phenoxy) is 1. The van der Waals surface area contributed by atoms with E-state index in [0.717, 1.165) is 35.1 Å². The Morgan fingerprint density at radius 3 is 2.61 bits per heavy atom. The van der Waals surface area contributed by atoms with Crippen LogP contribution in [0.25, 0.3) is 0 Å². The fourth-order valence-corrected chi connectivity index (χ4v) is 4.97. The lowest BCUT2D eigenvalue weighted by atomic mass is 9.75. The molecule has 1 unspecified atom stereocenters. The molecule has 0 aliphatic carbocycles. The maximum Gasteiger partial charge on any atom is 0.410 e. The van der Waals surface area contributed by atoms with Gasteiger partial charge in [-0.15, -0.1) is 0 Å². The lowest BCUT2D eigenvalue weighted by molar-refractivity contribution is -0.0751. The Balaban J connectivity index is 1.70. The topological polar surface area (TPSA) is 75.8 Å². The number of nitrogen functional groups attached to an aromatic ring is 1. The summed E-state index contributed by atoms with van der Waals surface area (Å²) in [6.07, 6.45) is 0.516. The summed E-state index contributed by atoms with van der Waals surface area (Å²) in [5.41, 5.74) is 9.11. The Morgan fingerprint density at radius 2 is 1.93 bits per heavy atom. The van der Waals surface area contributed by atoms with Crippen molar-refractivity contribution in [1.82, 2.24) is 4.90 Å². The number of benzene rings is 2. The van der Waals surface area contributed by atoms with Crippen molar-refractivity contribution in [2.24, 2.45) is 0 Å². The normalized spacial score (nSPS) is 27.2. The highest BCUT2D eigenvalue weighted by atomic mass is 16.6. The summed E-state index contributed by atoms with van der Waals surface area (Å²) in [4.78, 5) is 14.7. The van der Waals surface area contributed by atoms with E-state index in [1.54, 1.807) is 4.90 Å². The highest BCUT2D eigenvalue weighted by molar-refractivity contribution is 6.35. The Labute approximate surface area is 166 Å². The third-order valence-electron chi connectivity index (χ3n) is 6.33. The third-order valence-corrected chi connectivity index (χ3v) is 6.33. The Kier molecular flexibility index (Phi) is 4.62. The molecule has 2 saturated heterocycles. The van der Waals surface area contributed by atoms with Gasteiger partial charge in [-0.3, -0.25) is 4.90 Å². The number of nitrogens with two attached hydrogens (primary N) is 1. The molecule has 4 atom stereocenters. The van der Waals surface area contributed by atoms with Crippen molar-refractivity contribution in [3.63, 3.8) is 0 Å². The molecular formula is C22H27BN2O3. The smallest absolute Gasteiger partial charge is 0.410 e. The van der Waals surface area contributed by atoms with Crippen LogP contribution in [0, 0.1) is 0 Å². The molecule has 0 aromatic heterocycles. The maximum absolute atomic E-state index is 12.9. The van der Waals surface area contributed by atoms with Gasteiger partial charge in [-0.1, -0.05) is 47.9 Å². The molecule has 0 radical (unpaired) electrons. The second-order valence-corrected chi connectivity index (χ2v) is 8.54. The predicted molar refractivity (Wildman–Crippen MR) is 112 cm³/mol. The Morgan fingerprint density at radius 1 is 1.21 bits per heavy atom. The summed E-state index contributed by atoms with van der Waals surface area (Å²) in [7, 11) is 2.00. The van der Waals surface area contributed by atoms with Crippen LogP contribution in [0.5, 0.6) is 0 Å². The molecule has 0 spiro atoms. The predicted octanol–water partition coefficient (Wildman–Crippen LogP) is 2.11. The third kappa shape index (κ3) is 3.06. The number of carbonyl (C=O) groups is 1. The van der Waals surface area contributed by atoms with E-state index in [-0.39, 0.29) is 24.1 Å². The van der Waals surface area contributed by atoms with E-state index in [4.69, 9.17) is 10.5 Å². The zero-order chi connectivity index (χ0) is 20.1. The second kappa shape index (κ2) is 6.85. The number of amides is 1. The van der Waals surface area contributed by atoms with Gasteiger partial charge in [-0.2, -0.15) is 0 Å². The lowest BCUT2D eigenvalue weighted by Gasteiger charge is -2.48. The summed E-state index contributed by atoms with van der Waals surface area (Å²) in [5.74, 6) is 0.0115. The average Bonchev–Trinajstić information content (AvgIpc) is 3.09. The molecule has 0 saturated carbocycles. The monoisotopic (exact) mass is 378 g/mol. The van der Waals surface area contributed by atoms with Crippen molar-refractivity contribution in [1.29, 1.82) is 0 Å². The largest absolute Gasteiger partial charge is 0.443 e. The van der Waals surface area contributed by atoms with E-state index in [0.29, 0.717) is 0 Å². The van der Waals surface area contributed by atoms with Gasteiger partial charge in [0.2, 0.25) is 0 Å². The number of cyclic esters (lactones) is 1. The number of rotatable bonds is 3. The molecule has 28 heavy (non-hydrogen) atoms. The zero-order valence-corrected chi connectivity index (χ0v) is 16.6. The molecule has 2 aliphatic rings. The van der Waals surface area contributed by atoms with E-state index >= 15 is 0 Å². The first kappa shape index (κ1) is 18.9. The van der Waals surface area contributed by atoms with Crippen LogP contribution in [0.1, 0.15) is 49.8 Å². The highest BCUT2D eigenvalue weighted by Gasteiger charge is 2.55. The number of hydrogen-bond acceptors (Lipinski definition) is 4. The van der Waals surface area contributed by atoms with Crippen molar-refractivity contribution < 1.29 is 14.6 Å². The van der Waals surface area contributed by atoms with Gasteiger partial charge in [0, 0.05) is 17.6 Å². The number of carbonyl (C=O) groups excluding carboxylic acids is 1. The standard InChI is InChI=1S/C22H27BN2O3/c1-22(2)19(14-8-9-16(24)15(23)12-14)17-10-11-18(25(17)21(27)28-22)20(26)13-6-4-3-5-7-13/h3-9,12,17-20,26H,10-11,23-24H2,1-2H3/t17-,18-,19?,20-/m1/s1. The van der Waals surface area contributed by atoms with Gasteiger partial charge in [-0.05, 0) is 43.9 Å². The van der Waals surface area contributed by atoms with Gasteiger partial charge in [0.25, 0.3) is 0 Å². The van der Waals surface area contributed by atoms with Crippen molar-refractivity contribution in [3.05, 3.63) is 59.7 Å². The first-order chi connectivity index (χ1) is 13.3. The second-order valence-electron chi connectivity index (χ2n) is 8.54. The van der Waals surface area contributed by atoms with E-state index in [2.05, 4.69) is 6.07 Å². The number of aliphatic hydroxyl groups is 1. The minimum Gasteiger partial charge on any atom is -0.443 e. The quantitative estimate of drug-likeness (QED) is 0.634. The summed E-state index contributed by atoms with van der Waals surface area (Å²) in [6, 6.07) is 15.3. The molecule has 0 bridgehead atoms. The lowest BCUT2D eigenvalue weighted by Crippen LogP contribution is -2.58. The first-order valence-electron chi connectivity index (χ1n) is 9.90. The number of anilines is 1. The first-order valence-corrected chi connectivity index (χ1v) is 9.90. The summed E-state index contributed by atoms with van der Waals surface area (Å²) in [6.45, 7) is 3.94. The van der Waals surface area contributed by atoms with Crippen LogP contribution in [0.4, 0.5) is 10.5 Å². The van der Waals surface area contributed by atoms with Crippen LogP contribution in [0.2, 0.25) is 0 Å². The molecule has 3 N–H and O–H groups in total. The molecule has 2 aromatic rings. The van der Waals surface area contributed by atoms with Gasteiger partial charge >= 0.3 is 6.09 Å². The van der Waals surface area contributed by atoms with Gasteiger partial charge < -0.3 is 15.6 Å². The molecule has 2 aromatic carbocycles. The minimum absolute atomic E-state index is 0.0114. The molecule has 6 heteroatoms. The van der Waals surface area contributed by atoms with Crippen LogP contribution in [-0.2, 0) is 4.74 Å². The SMILES string of the molecule is Bc1cc(C2[C@H]3CC[C@H]([C@H](O)c4ccccc4)N3C(=O)OC2(C)C)ccc1N. The van der Waals surface area contributed by atoms with E-state index < -0.39 is 11.7 Å². The molecular weight excluding hydrogens is 351 g/mol. The molecule has 5 nitrogen and oxygen atoms in total. The van der Waals surface area contributed by atoms with E-state index in [9.17, 15) is 9.90 Å². The molecule has 2 aliphatic heterocycles. The molecule has 2 heterocycles. The van der Waals surface area contributed by atoms with E-state index in [1.165, 1.54) is 0 Å². The van der Waals surface area contributed by atoms with Crippen LogP contribution in [-0.4, -0.2) is 41.6 Å². The Bertz CT molecular complexity index is 887. The summed E-state index contributed by atoms with van der Waals surface area (Å²) in [5, 5.41) is 11.0. The van der Waals surface area contributed by atoms with Crippen LogP contribution in [0.15, 0.2) is 48.5 Å². The van der Waals surface area contributed by atoms with Crippen molar-refractivity contribution in [3.8, 4) is 0 Å². The molecule has 2 fully saturated rings. The van der Waals surface area contributed by atoms with Gasteiger partial charge in [0.05, 0.1) is 12.1 Å². The van der Waals surface area contributed by atoms with Crippen LogP contribution in [0.3, 0.4) is 0 Å². The number of hydrogen-bond donors (Lipinski definition) is 2. The molecule has 4 rings (SSSR count). The maximum atomic E-state index is 12.9. The van der Waals surface area contributed by atoms with Gasteiger partial charge in [0.15, 0.2) is 0 Å². The number of fused-ring (bicyclic) bond motifs is 1. The zero-order valence-electron chi connectivity index (χ0n) is 16.6. The van der Waals surface area contributed by atoms with Crippen molar-refractivity contribution in [2.75, 3.05) is 5.73 Å². The van der Waals surface area contributed by atoms with Crippen LogP contribution < -0.4 is 11.2 Å². The fourth-order valence-electron chi connectivity index (χ4n) is 4.97. The molecule has 146 valence electrons. The summed E-state index contributed by atoms with van der Waals surface area (Å²) < 4.78 is 5.89. The molecule has 1 amide bonds.